The molecule has 2 aromatic carbocycles. The number of aryl methyl sites for hydroxylation is 1. The molecule has 3 aromatic rings. The van der Waals surface area contributed by atoms with E-state index in [9.17, 15) is 14.4 Å². The molecule has 206 valence electrons. The van der Waals surface area contributed by atoms with Gasteiger partial charge in [-0.1, -0.05) is 60.7 Å². The largest absolute Gasteiger partial charge is 0.455 e. The summed E-state index contributed by atoms with van der Waals surface area (Å²) in [5, 5.41) is 0. The fourth-order valence-corrected chi connectivity index (χ4v) is 5.21. The molecule has 2 aliphatic heterocycles. The van der Waals surface area contributed by atoms with Crippen LogP contribution in [0.5, 0.6) is 0 Å². The third kappa shape index (κ3) is 5.74. The van der Waals surface area contributed by atoms with Crippen molar-refractivity contribution in [1.29, 1.82) is 0 Å². The minimum atomic E-state index is -1.21. The first kappa shape index (κ1) is 27.0. The summed E-state index contributed by atoms with van der Waals surface area (Å²) in [6, 6.07) is 19.3. The second kappa shape index (κ2) is 11.7. The molecule has 0 radical (unpaired) electrons. The monoisotopic (exact) mass is 536 g/mol. The molecule has 1 aromatic heterocycles. The summed E-state index contributed by atoms with van der Waals surface area (Å²) in [7, 11) is 0. The molecular formula is C29H32N2O8. The Hall–Kier alpha value is -3.57. The van der Waals surface area contributed by atoms with Crippen molar-refractivity contribution in [2.75, 3.05) is 13.2 Å². The van der Waals surface area contributed by atoms with Gasteiger partial charge in [0.2, 0.25) is 0 Å². The first-order chi connectivity index (χ1) is 18.9. The van der Waals surface area contributed by atoms with Crippen molar-refractivity contribution in [3.05, 3.63) is 104 Å². The van der Waals surface area contributed by atoms with E-state index < -0.39 is 47.4 Å². The van der Waals surface area contributed by atoms with E-state index in [1.54, 1.807) is 6.92 Å². The van der Waals surface area contributed by atoms with Crippen molar-refractivity contribution in [2.24, 2.45) is 0 Å². The Morgan fingerprint density at radius 3 is 2.31 bits per heavy atom. The van der Waals surface area contributed by atoms with Crippen molar-refractivity contribution in [1.82, 2.24) is 9.55 Å². The molecule has 1 N–H and O–H groups in total. The van der Waals surface area contributed by atoms with E-state index in [2.05, 4.69) is 4.98 Å². The van der Waals surface area contributed by atoms with Crippen molar-refractivity contribution in [3.8, 4) is 0 Å². The van der Waals surface area contributed by atoms with Gasteiger partial charge in [0, 0.05) is 25.3 Å². The molecule has 39 heavy (non-hydrogen) atoms. The van der Waals surface area contributed by atoms with Crippen molar-refractivity contribution in [2.45, 2.75) is 63.6 Å². The highest BCUT2D eigenvalue weighted by atomic mass is 16.7. The summed E-state index contributed by atoms with van der Waals surface area (Å²) in [6.07, 6.45) is -1.58. The summed E-state index contributed by atoms with van der Waals surface area (Å²) in [4.78, 5) is 39.7. The van der Waals surface area contributed by atoms with E-state index in [4.69, 9.17) is 23.7 Å². The molecule has 3 heterocycles. The van der Waals surface area contributed by atoms with E-state index in [1.807, 2.05) is 60.7 Å². The quantitative estimate of drug-likeness (QED) is 0.437. The van der Waals surface area contributed by atoms with Gasteiger partial charge in [0.05, 0.1) is 25.9 Å². The number of hydrogen-bond acceptors (Lipinski definition) is 8. The molecule has 5 rings (SSSR count). The fraction of sp³-hybridized carbons (Fsp3) is 0.414. The van der Waals surface area contributed by atoms with Crippen LogP contribution in [-0.4, -0.2) is 52.6 Å². The van der Waals surface area contributed by atoms with Crippen LogP contribution in [0.2, 0.25) is 0 Å². The van der Waals surface area contributed by atoms with Crippen LogP contribution in [0.3, 0.4) is 0 Å². The summed E-state index contributed by atoms with van der Waals surface area (Å²) in [5.41, 5.74) is -0.206. The number of aromatic nitrogens is 2. The second-order valence-electron chi connectivity index (χ2n) is 9.86. The molecule has 10 nitrogen and oxygen atoms in total. The topological polar surface area (TPSA) is 118 Å². The lowest BCUT2D eigenvalue weighted by molar-refractivity contribution is -0.241. The maximum Gasteiger partial charge on any atom is 0.330 e. The SMILES string of the molecule is CC(=O)O[C@H]1C(OCc2ccccc2)[C@]2(COCC[C@H]2OCc2ccccc2)O[C@H]1n1cc(C)c(=O)[nH]c1=O. The van der Waals surface area contributed by atoms with Gasteiger partial charge in [-0.2, -0.15) is 0 Å². The molecule has 1 spiro atoms. The highest BCUT2D eigenvalue weighted by molar-refractivity contribution is 5.66. The third-order valence-corrected chi connectivity index (χ3v) is 7.09. The summed E-state index contributed by atoms with van der Waals surface area (Å²) >= 11 is 0. The van der Waals surface area contributed by atoms with Gasteiger partial charge in [0.15, 0.2) is 17.9 Å². The third-order valence-electron chi connectivity index (χ3n) is 7.09. The summed E-state index contributed by atoms with van der Waals surface area (Å²) in [6.45, 7) is 3.93. The molecule has 10 heteroatoms. The predicted molar refractivity (Wildman–Crippen MR) is 140 cm³/mol. The minimum absolute atomic E-state index is 0.0945. The van der Waals surface area contributed by atoms with Gasteiger partial charge in [-0.3, -0.25) is 19.1 Å². The van der Waals surface area contributed by atoms with Gasteiger partial charge in [0.1, 0.15) is 6.10 Å². The van der Waals surface area contributed by atoms with Gasteiger partial charge < -0.3 is 23.7 Å². The van der Waals surface area contributed by atoms with Crippen LogP contribution in [-0.2, 0) is 41.7 Å². The molecule has 2 fully saturated rings. The molecule has 5 atom stereocenters. The summed E-state index contributed by atoms with van der Waals surface area (Å²) < 4.78 is 32.5. The second-order valence-corrected chi connectivity index (χ2v) is 9.86. The van der Waals surface area contributed by atoms with Crippen LogP contribution in [0, 0.1) is 6.92 Å². The van der Waals surface area contributed by atoms with Crippen LogP contribution in [0.15, 0.2) is 76.4 Å². The molecular weight excluding hydrogens is 504 g/mol. The number of nitrogens with one attached hydrogen (secondary N) is 1. The number of rotatable bonds is 8. The Morgan fingerprint density at radius 2 is 1.67 bits per heavy atom. The Kier molecular flexibility index (Phi) is 8.08. The van der Waals surface area contributed by atoms with E-state index in [1.165, 1.54) is 17.7 Å². The standard InChI is InChI=1S/C29H32N2O8/c1-19-15-31(28(34)30-26(19)33)27-24(38-20(2)32)25(37-17-22-11-7-4-8-12-22)29(39-27)18-35-14-13-23(29)36-16-21-9-5-3-6-10-21/h3-12,15,23-25,27H,13-14,16-18H2,1-2H3,(H,30,33,34)/t23-,24+,25?,27-,29-/m1/s1. The van der Waals surface area contributed by atoms with Crippen LogP contribution < -0.4 is 11.2 Å². The molecule has 1 unspecified atom stereocenters. The number of nitrogens with zero attached hydrogens (tertiary/aromatic N) is 1. The molecule has 2 saturated heterocycles. The highest BCUT2D eigenvalue weighted by Crippen LogP contribution is 2.46. The lowest BCUT2D eigenvalue weighted by atomic mass is 9.86. The maximum atomic E-state index is 12.9. The van der Waals surface area contributed by atoms with Gasteiger partial charge in [-0.25, -0.2) is 4.79 Å². The van der Waals surface area contributed by atoms with Crippen molar-refractivity contribution in [3.63, 3.8) is 0 Å². The molecule has 0 amide bonds. The van der Waals surface area contributed by atoms with Gasteiger partial charge >= 0.3 is 11.7 Å². The van der Waals surface area contributed by atoms with Gasteiger partial charge in [-0.05, 0) is 24.5 Å². The summed E-state index contributed by atoms with van der Waals surface area (Å²) in [5.74, 6) is -0.563. The lowest BCUT2D eigenvalue weighted by Crippen LogP contribution is -2.60. The van der Waals surface area contributed by atoms with Gasteiger partial charge in [-0.15, -0.1) is 0 Å². The number of benzene rings is 2. The van der Waals surface area contributed by atoms with E-state index in [0.717, 1.165) is 11.1 Å². The Morgan fingerprint density at radius 1 is 1.03 bits per heavy atom. The van der Waals surface area contributed by atoms with Crippen LogP contribution in [0.25, 0.3) is 0 Å². The number of ether oxygens (including phenoxy) is 5. The number of esters is 1. The minimum Gasteiger partial charge on any atom is -0.455 e. The number of carbonyl (C=O) groups is 1. The van der Waals surface area contributed by atoms with Crippen molar-refractivity contribution >= 4 is 5.97 Å². The number of aromatic amines is 1. The Balaban J connectivity index is 1.55. The zero-order chi connectivity index (χ0) is 27.4. The molecule has 0 aliphatic carbocycles. The average molecular weight is 537 g/mol. The normalized spacial score (nSPS) is 26.5. The van der Waals surface area contributed by atoms with E-state index in [-0.39, 0.29) is 13.2 Å². The molecule has 2 aliphatic rings. The highest BCUT2D eigenvalue weighted by Gasteiger charge is 2.63. The molecule has 0 bridgehead atoms. The zero-order valence-electron chi connectivity index (χ0n) is 21.9. The zero-order valence-corrected chi connectivity index (χ0v) is 21.9. The Bertz CT molecular complexity index is 1390. The van der Waals surface area contributed by atoms with Gasteiger partial charge in [0.25, 0.3) is 5.56 Å². The van der Waals surface area contributed by atoms with Crippen molar-refractivity contribution < 1.29 is 28.5 Å². The van der Waals surface area contributed by atoms with Crippen LogP contribution in [0.4, 0.5) is 0 Å². The Labute approximate surface area is 225 Å². The van der Waals surface area contributed by atoms with Crippen LogP contribution >= 0.6 is 0 Å². The molecule has 0 saturated carbocycles. The van der Waals surface area contributed by atoms with E-state index in [0.29, 0.717) is 25.2 Å². The number of carbonyl (C=O) groups excluding carboxylic acids is 1. The first-order valence-corrected chi connectivity index (χ1v) is 12.9. The average Bonchev–Trinajstić information content (AvgIpc) is 3.22. The first-order valence-electron chi connectivity index (χ1n) is 12.9. The fourth-order valence-electron chi connectivity index (χ4n) is 5.21. The van der Waals surface area contributed by atoms with E-state index >= 15 is 0 Å². The predicted octanol–water partition coefficient (Wildman–Crippen LogP) is 2.64. The van der Waals surface area contributed by atoms with Crippen LogP contribution in [0.1, 0.15) is 36.3 Å². The number of hydrogen-bond donors (Lipinski definition) is 1. The smallest absolute Gasteiger partial charge is 0.330 e. The number of H-pyrrole nitrogens is 1. The maximum absolute atomic E-state index is 12.9. The lowest BCUT2D eigenvalue weighted by Gasteiger charge is -2.43.